The third-order valence-electron chi connectivity index (χ3n) is 4.01. The van der Waals surface area contributed by atoms with Crippen molar-refractivity contribution in [3.05, 3.63) is 23.8 Å². The number of hydrogen-bond acceptors (Lipinski definition) is 4. The van der Waals surface area contributed by atoms with E-state index in [0.29, 0.717) is 18.8 Å². The fourth-order valence-electron chi connectivity index (χ4n) is 2.57. The first-order valence-electron chi connectivity index (χ1n) is 7.83. The number of halogens is 3. The van der Waals surface area contributed by atoms with Gasteiger partial charge in [0, 0.05) is 32.6 Å². The molecule has 0 aliphatic carbocycles. The molecule has 2 N–H and O–H groups in total. The molecule has 0 bridgehead atoms. The van der Waals surface area contributed by atoms with Gasteiger partial charge in [0.15, 0.2) is 0 Å². The van der Waals surface area contributed by atoms with Crippen LogP contribution in [0.5, 0.6) is 0 Å². The summed E-state index contributed by atoms with van der Waals surface area (Å²) in [4.78, 5) is 26.4. The average Bonchev–Trinajstić information content (AvgIpc) is 2.53. The number of carboxylic acid groups (broad SMARTS) is 1. The number of aliphatic carboxylic acids is 1. The molecule has 0 aromatic heterocycles. The number of anilines is 2. The van der Waals surface area contributed by atoms with Crippen LogP contribution in [0.2, 0.25) is 0 Å². The van der Waals surface area contributed by atoms with Crippen LogP contribution in [0.25, 0.3) is 0 Å². The zero-order valence-electron chi connectivity index (χ0n) is 13.8. The van der Waals surface area contributed by atoms with Crippen molar-refractivity contribution in [3.8, 4) is 0 Å². The molecule has 0 atom stereocenters. The Bertz CT molecular complexity index is 641. The lowest BCUT2D eigenvalue weighted by Crippen LogP contribution is -2.44. The molecule has 0 spiro atoms. The van der Waals surface area contributed by atoms with Crippen LogP contribution < -0.4 is 10.2 Å². The largest absolute Gasteiger partial charge is 0.481 e. The molecule has 25 heavy (non-hydrogen) atoms. The molecule has 1 heterocycles. The summed E-state index contributed by atoms with van der Waals surface area (Å²) in [5.74, 6) is -1.77. The summed E-state index contributed by atoms with van der Waals surface area (Å²) in [6.07, 6.45) is -5.20. The molecule has 1 aromatic rings. The van der Waals surface area contributed by atoms with Gasteiger partial charge in [0.05, 0.1) is 23.4 Å². The molecular formula is C16H20F3N3O3. The van der Waals surface area contributed by atoms with Crippen LogP contribution in [0.15, 0.2) is 18.2 Å². The minimum Gasteiger partial charge on any atom is -0.481 e. The summed E-state index contributed by atoms with van der Waals surface area (Å²) in [6, 6.07) is 3.23. The minimum atomic E-state index is -4.53. The first kappa shape index (κ1) is 19.0. The Morgan fingerprint density at radius 1 is 1.16 bits per heavy atom. The molecule has 0 radical (unpaired) electrons. The molecule has 1 fully saturated rings. The van der Waals surface area contributed by atoms with Crippen molar-refractivity contribution in [1.29, 1.82) is 0 Å². The van der Waals surface area contributed by atoms with Gasteiger partial charge in [-0.1, -0.05) is 0 Å². The number of hydrogen-bond donors (Lipinski definition) is 2. The van der Waals surface area contributed by atoms with Gasteiger partial charge in [0.25, 0.3) is 0 Å². The van der Waals surface area contributed by atoms with E-state index in [9.17, 15) is 22.8 Å². The molecule has 9 heteroatoms. The second-order valence-corrected chi connectivity index (χ2v) is 5.96. The van der Waals surface area contributed by atoms with E-state index < -0.39 is 23.6 Å². The SMILES string of the molecule is CN1CCN(c2ccc(C(F)(F)F)cc2NC(=O)CCC(=O)O)CC1. The maximum atomic E-state index is 13.0. The highest BCUT2D eigenvalue weighted by atomic mass is 19.4. The summed E-state index contributed by atoms with van der Waals surface area (Å²) < 4.78 is 38.9. The molecule has 1 amide bonds. The Morgan fingerprint density at radius 2 is 1.80 bits per heavy atom. The molecule has 1 aliphatic heterocycles. The predicted octanol–water partition coefficient (Wildman–Crippen LogP) is 2.26. The van der Waals surface area contributed by atoms with Gasteiger partial charge in [-0.25, -0.2) is 0 Å². The Kier molecular flexibility index (Phi) is 5.89. The van der Waals surface area contributed by atoms with Crippen molar-refractivity contribution in [3.63, 3.8) is 0 Å². The van der Waals surface area contributed by atoms with Crippen LogP contribution in [-0.2, 0) is 15.8 Å². The second kappa shape index (κ2) is 7.73. The highest BCUT2D eigenvalue weighted by Crippen LogP contribution is 2.35. The summed E-state index contributed by atoms with van der Waals surface area (Å²) in [5.41, 5.74) is -0.307. The maximum Gasteiger partial charge on any atom is 0.416 e. The van der Waals surface area contributed by atoms with Crippen molar-refractivity contribution >= 4 is 23.3 Å². The Morgan fingerprint density at radius 3 is 2.36 bits per heavy atom. The molecule has 1 aliphatic rings. The zero-order chi connectivity index (χ0) is 18.6. The molecule has 6 nitrogen and oxygen atoms in total. The van der Waals surface area contributed by atoms with Gasteiger partial charge >= 0.3 is 12.1 Å². The smallest absolute Gasteiger partial charge is 0.416 e. The summed E-state index contributed by atoms with van der Waals surface area (Å²) in [6.45, 7) is 2.76. The normalized spacial score (nSPS) is 15.9. The van der Waals surface area contributed by atoms with Crippen LogP contribution in [0.4, 0.5) is 24.5 Å². The topological polar surface area (TPSA) is 72.9 Å². The molecular weight excluding hydrogens is 339 g/mol. The Hall–Kier alpha value is -2.29. The van der Waals surface area contributed by atoms with Crippen LogP contribution in [-0.4, -0.2) is 55.1 Å². The van der Waals surface area contributed by atoms with Gasteiger partial charge in [-0.05, 0) is 25.2 Å². The number of piperazine rings is 1. The van der Waals surface area contributed by atoms with Crippen molar-refractivity contribution in [1.82, 2.24) is 4.90 Å². The quantitative estimate of drug-likeness (QED) is 0.844. The minimum absolute atomic E-state index is 0.0507. The number of benzene rings is 1. The summed E-state index contributed by atoms with van der Waals surface area (Å²) in [7, 11) is 1.96. The van der Waals surface area contributed by atoms with Crippen molar-refractivity contribution in [2.24, 2.45) is 0 Å². The fraction of sp³-hybridized carbons (Fsp3) is 0.500. The first-order valence-corrected chi connectivity index (χ1v) is 7.83. The Balaban J connectivity index is 2.25. The molecule has 138 valence electrons. The van der Waals surface area contributed by atoms with Gasteiger partial charge in [0.1, 0.15) is 0 Å². The van der Waals surface area contributed by atoms with E-state index in [0.717, 1.165) is 25.2 Å². The monoisotopic (exact) mass is 359 g/mol. The number of carbonyl (C=O) groups is 2. The molecule has 0 unspecified atom stereocenters. The van der Waals surface area contributed by atoms with Crippen LogP contribution in [0, 0.1) is 0 Å². The van der Waals surface area contributed by atoms with Crippen molar-refractivity contribution in [2.75, 3.05) is 43.4 Å². The summed E-state index contributed by atoms with van der Waals surface area (Å²) >= 11 is 0. The number of carbonyl (C=O) groups excluding carboxylic acids is 1. The van der Waals surface area contributed by atoms with E-state index in [1.807, 2.05) is 11.9 Å². The van der Waals surface area contributed by atoms with Gasteiger partial charge in [0.2, 0.25) is 5.91 Å². The van der Waals surface area contributed by atoms with Crippen molar-refractivity contribution < 1.29 is 27.9 Å². The third-order valence-corrected chi connectivity index (χ3v) is 4.01. The lowest BCUT2D eigenvalue weighted by atomic mass is 10.1. The lowest BCUT2D eigenvalue weighted by molar-refractivity contribution is -0.138. The molecule has 1 aromatic carbocycles. The van der Waals surface area contributed by atoms with E-state index >= 15 is 0 Å². The molecule has 0 saturated carbocycles. The van der Waals surface area contributed by atoms with Crippen molar-refractivity contribution in [2.45, 2.75) is 19.0 Å². The van der Waals surface area contributed by atoms with E-state index in [4.69, 9.17) is 5.11 Å². The number of nitrogens with zero attached hydrogens (tertiary/aromatic N) is 2. The fourth-order valence-corrected chi connectivity index (χ4v) is 2.57. The lowest BCUT2D eigenvalue weighted by Gasteiger charge is -2.35. The number of rotatable bonds is 5. The third kappa shape index (κ3) is 5.35. The van der Waals surface area contributed by atoms with Gasteiger partial charge < -0.3 is 20.2 Å². The van der Waals surface area contributed by atoms with Gasteiger partial charge in [-0.3, -0.25) is 9.59 Å². The first-order chi connectivity index (χ1) is 11.7. The number of carboxylic acids is 1. The van der Waals surface area contributed by atoms with E-state index in [1.165, 1.54) is 6.07 Å². The number of alkyl halides is 3. The van der Waals surface area contributed by atoms with Gasteiger partial charge in [-0.2, -0.15) is 13.2 Å². The Labute approximate surface area is 143 Å². The molecule has 2 rings (SSSR count). The van der Waals surface area contributed by atoms with E-state index in [2.05, 4.69) is 10.2 Å². The van der Waals surface area contributed by atoms with E-state index in [-0.39, 0.29) is 18.5 Å². The number of likely N-dealkylation sites (N-methyl/N-ethyl adjacent to an activating group) is 1. The van der Waals surface area contributed by atoms with Crippen LogP contribution in [0.3, 0.4) is 0 Å². The zero-order valence-corrected chi connectivity index (χ0v) is 13.8. The number of nitrogens with one attached hydrogen (secondary N) is 1. The van der Waals surface area contributed by atoms with Crippen LogP contribution >= 0.6 is 0 Å². The second-order valence-electron chi connectivity index (χ2n) is 5.96. The number of amides is 1. The maximum absolute atomic E-state index is 13.0. The molecule has 1 saturated heterocycles. The standard InChI is InChI=1S/C16H20F3N3O3/c1-21-6-8-22(9-7-21)13-3-2-11(16(17,18)19)10-12(13)20-14(23)4-5-15(24)25/h2-3,10H,4-9H2,1H3,(H,20,23)(H,24,25). The van der Waals surface area contributed by atoms with Crippen LogP contribution in [0.1, 0.15) is 18.4 Å². The summed E-state index contributed by atoms with van der Waals surface area (Å²) in [5, 5.41) is 11.1. The predicted molar refractivity (Wildman–Crippen MR) is 86.7 cm³/mol. The average molecular weight is 359 g/mol. The van der Waals surface area contributed by atoms with Gasteiger partial charge in [-0.15, -0.1) is 0 Å². The highest BCUT2D eigenvalue weighted by molar-refractivity contribution is 5.95. The highest BCUT2D eigenvalue weighted by Gasteiger charge is 2.32. The van der Waals surface area contributed by atoms with E-state index in [1.54, 1.807) is 0 Å².